The van der Waals surface area contributed by atoms with Crippen molar-refractivity contribution in [1.82, 2.24) is 10.2 Å². The Morgan fingerprint density at radius 2 is 1.46 bits per heavy atom. The van der Waals surface area contributed by atoms with Gasteiger partial charge < -0.3 is 10.2 Å². The van der Waals surface area contributed by atoms with E-state index in [1.165, 1.54) is 5.69 Å². The third-order valence-corrected chi connectivity index (χ3v) is 5.16. The summed E-state index contributed by atoms with van der Waals surface area (Å²) in [5.41, 5.74) is 2.41. The Labute approximate surface area is 143 Å². The number of anilines is 1. The fraction of sp³-hybridized carbons (Fsp3) is 0.350. The summed E-state index contributed by atoms with van der Waals surface area (Å²) in [5, 5.41) is 3.20. The Balaban J connectivity index is 1.38. The lowest BCUT2D eigenvalue weighted by Gasteiger charge is -2.38. The van der Waals surface area contributed by atoms with Gasteiger partial charge in [-0.1, -0.05) is 48.5 Å². The molecular formula is C20H23N3O. The molecule has 2 saturated heterocycles. The monoisotopic (exact) mass is 321 g/mol. The second-order valence-corrected chi connectivity index (χ2v) is 6.58. The van der Waals surface area contributed by atoms with E-state index >= 15 is 0 Å². The molecule has 1 N–H and O–H groups in total. The second kappa shape index (κ2) is 6.65. The number of hydrogen-bond donors (Lipinski definition) is 1. The maximum absolute atomic E-state index is 12.4. The van der Waals surface area contributed by atoms with Crippen molar-refractivity contribution in [2.75, 3.05) is 31.1 Å². The summed E-state index contributed by atoms with van der Waals surface area (Å²) in [7, 11) is 0. The van der Waals surface area contributed by atoms with Gasteiger partial charge in [0.15, 0.2) is 0 Å². The standard InChI is InChI=1S/C20H23N3O/c24-20-18(16-7-3-1-4-8-16)15-19(21-20)23-13-11-22(12-14-23)17-9-5-2-6-10-17/h1-10,18-19H,11-15H2,(H,21,24). The smallest absolute Gasteiger partial charge is 0.228 e. The fourth-order valence-corrected chi connectivity index (χ4v) is 3.80. The molecule has 0 radical (unpaired) electrons. The molecule has 0 bridgehead atoms. The van der Waals surface area contributed by atoms with Crippen LogP contribution in [-0.2, 0) is 4.79 Å². The predicted octanol–water partition coefficient (Wildman–Crippen LogP) is 2.44. The minimum absolute atomic E-state index is 0.0108. The number of nitrogens with zero attached hydrogens (tertiary/aromatic N) is 2. The minimum atomic E-state index is -0.0108. The van der Waals surface area contributed by atoms with Gasteiger partial charge >= 0.3 is 0 Å². The molecular weight excluding hydrogens is 298 g/mol. The molecule has 124 valence electrons. The summed E-state index contributed by atoms with van der Waals surface area (Å²) >= 11 is 0. The molecule has 2 unspecified atom stereocenters. The Morgan fingerprint density at radius 1 is 0.833 bits per heavy atom. The summed E-state index contributed by atoms with van der Waals surface area (Å²) in [5.74, 6) is 0.153. The van der Waals surface area contributed by atoms with Gasteiger partial charge in [-0.3, -0.25) is 9.69 Å². The van der Waals surface area contributed by atoms with E-state index in [-0.39, 0.29) is 18.0 Å². The molecule has 2 atom stereocenters. The highest BCUT2D eigenvalue weighted by Gasteiger charge is 2.37. The van der Waals surface area contributed by atoms with Gasteiger partial charge in [-0.15, -0.1) is 0 Å². The van der Waals surface area contributed by atoms with Crippen molar-refractivity contribution in [3.05, 3.63) is 66.2 Å². The Bertz CT molecular complexity index is 681. The third kappa shape index (κ3) is 3.02. The number of amides is 1. The summed E-state index contributed by atoms with van der Waals surface area (Å²) in [6, 6.07) is 20.7. The van der Waals surface area contributed by atoms with Crippen LogP contribution in [0.2, 0.25) is 0 Å². The zero-order chi connectivity index (χ0) is 16.4. The average molecular weight is 321 g/mol. The van der Waals surface area contributed by atoms with Crippen molar-refractivity contribution in [2.24, 2.45) is 0 Å². The molecule has 2 fully saturated rings. The van der Waals surface area contributed by atoms with Crippen LogP contribution in [0.15, 0.2) is 60.7 Å². The summed E-state index contributed by atoms with van der Waals surface area (Å²) in [6.07, 6.45) is 1.04. The largest absolute Gasteiger partial charge is 0.369 e. The van der Waals surface area contributed by atoms with E-state index in [0.717, 1.165) is 38.2 Å². The van der Waals surface area contributed by atoms with Gasteiger partial charge in [0.25, 0.3) is 0 Å². The number of carbonyl (C=O) groups is 1. The number of carbonyl (C=O) groups excluding carboxylic acids is 1. The van der Waals surface area contributed by atoms with Gasteiger partial charge in [0, 0.05) is 31.9 Å². The number of hydrogen-bond acceptors (Lipinski definition) is 3. The molecule has 2 heterocycles. The van der Waals surface area contributed by atoms with Crippen LogP contribution < -0.4 is 10.2 Å². The van der Waals surface area contributed by atoms with Gasteiger partial charge in [-0.2, -0.15) is 0 Å². The molecule has 2 aliphatic rings. The number of benzene rings is 2. The summed E-state index contributed by atoms with van der Waals surface area (Å²) in [6.45, 7) is 3.99. The highest BCUT2D eigenvalue weighted by molar-refractivity contribution is 5.86. The molecule has 0 saturated carbocycles. The predicted molar refractivity (Wildman–Crippen MR) is 96.0 cm³/mol. The zero-order valence-corrected chi connectivity index (χ0v) is 13.8. The molecule has 0 aromatic heterocycles. The Morgan fingerprint density at radius 3 is 2.12 bits per heavy atom. The first-order chi connectivity index (χ1) is 11.8. The van der Waals surface area contributed by atoms with Crippen LogP contribution in [0.25, 0.3) is 0 Å². The van der Waals surface area contributed by atoms with Crippen molar-refractivity contribution >= 4 is 11.6 Å². The van der Waals surface area contributed by atoms with Gasteiger partial charge in [-0.05, 0) is 24.1 Å². The van der Waals surface area contributed by atoms with Crippen molar-refractivity contribution in [3.8, 4) is 0 Å². The number of piperazine rings is 1. The number of rotatable bonds is 3. The van der Waals surface area contributed by atoms with E-state index in [0.29, 0.717) is 0 Å². The lowest BCUT2D eigenvalue weighted by molar-refractivity contribution is -0.121. The maximum Gasteiger partial charge on any atom is 0.228 e. The van der Waals surface area contributed by atoms with Gasteiger partial charge in [-0.25, -0.2) is 0 Å². The summed E-state index contributed by atoms with van der Waals surface area (Å²) in [4.78, 5) is 17.2. The molecule has 2 aromatic carbocycles. The van der Waals surface area contributed by atoms with E-state index in [4.69, 9.17) is 0 Å². The second-order valence-electron chi connectivity index (χ2n) is 6.58. The van der Waals surface area contributed by atoms with Crippen LogP contribution >= 0.6 is 0 Å². The topological polar surface area (TPSA) is 35.6 Å². The lowest BCUT2D eigenvalue weighted by Crippen LogP contribution is -2.53. The van der Waals surface area contributed by atoms with E-state index in [2.05, 4.69) is 57.6 Å². The first-order valence-electron chi connectivity index (χ1n) is 8.70. The zero-order valence-electron chi connectivity index (χ0n) is 13.8. The van der Waals surface area contributed by atoms with Crippen molar-refractivity contribution < 1.29 is 4.79 Å². The van der Waals surface area contributed by atoms with Crippen LogP contribution in [0.5, 0.6) is 0 Å². The van der Waals surface area contributed by atoms with Crippen molar-refractivity contribution in [3.63, 3.8) is 0 Å². The maximum atomic E-state index is 12.4. The van der Waals surface area contributed by atoms with Crippen LogP contribution in [0.4, 0.5) is 5.69 Å². The first-order valence-corrected chi connectivity index (χ1v) is 8.70. The van der Waals surface area contributed by atoms with Crippen LogP contribution in [-0.4, -0.2) is 43.2 Å². The Kier molecular flexibility index (Phi) is 4.22. The first kappa shape index (κ1) is 15.2. The van der Waals surface area contributed by atoms with Crippen molar-refractivity contribution in [2.45, 2.75) is 18.5 Å². The van der Waals surface area contributed by atoms with Gasteiger partial charge in [0.1, 0.15) is 0 Å². The average Bonchev–Trinajstić information content (AvgIpc) is 3.05. The van der Waals surface area contributed by atoms with E-state index in [1.54, 1.807) is 0 Å². The van der Waals surface area contributed by atoms with E-state index in [9.17, 15) is 4.79 Å². The fourth-order valence-electron chi connectivity index (χ4n) is 3.80. The third-order valence-electron chi connectivity index (χ3n) is 5.16. The molecule has 4 rings (SSSR count). The molecule has 4 heteroatoms. The van der Waals surface area contributed by atoms with Crippen LogP contribution in [0.1, 0.15) is 17.9 Å². The number of para-hydroxylation sites is 1. The molecule has 0 spiro atoms. The number of nitrogens with one attached hydrogen (secondary N) is 1. The highest BCUT2D eigenvalue weighted by atomic mass is 16.2. The minimum Gasteiger partial charge on any atom is -0.369 e. The molecule has 1 amide bonds. The van der Waals surface area contributed by atoms with E-state index < -0.39 is 0 Å². The van der Waals surface area contributed by atoms with Gasteiger partial charge in [0.05, 0.1) is 12.1 Å². The highest BCUT2D eigenvalue weighted by Crippen LogP contribution is 2.29. The molecule has 2 aromatic rings. The molecule has 2 aliphatic heterocycles. The van der Waals surface area contributed by atoms with E-state index in [1.807, 2.05) is 18.2 Å². The lowest BCUT2D eigenvalue weighted by atomic mass is 9.97. The molecule has 0 aliphatic carbocycles. The summed E-state index contributed by atoms with van der Waals surface area (Å²) < 4.78 is 0. The van der Waals surface area contributed by atoms with Crippen LogP contribution in [0.3, 0.4) is 0 Å². The van der Waals surface area contributed by atoms with Crippen molar-refractivity contribution in [1.29, 1.82) is 0 Å². The Hall–Kier alpha value is -2.33. The molecule has 24 heavy (non-hydrogen) atoms. The quantitative estimate of drug-likeness (QED) is 0.943. The van der Waals surface area contributed by atoms with Crippen LogP contribution in [0, 0.1) is 0 Å². The molecule has 4 nitrogen and oxygen atoms in total. The van der Waals surface area contributed by atoms with Gasteiger partial charge in [0.2, 0.25) is 5.91 Å². The normalized spacial score (nSPS) is 24.8. The SMILES string of the molecule is O=C1NC(N2CCN(c3ccccc3)CC2)CC1c1ccccc1.